The van der Waals surface area contributed by atoms with Crippen LogP contribution >= 0.6 is 0 Å². The van der Waals surface area contributed by atoms with Gasteiger partial charge in [-0.25, -0.2) is 0 Å². The van der Waals surface area contributed by atoms with Crippen molar-refractivity contribution in [3.8, 4) is 0 Å². The second kappa shape index (κ2) is 7.25. The molecule has 0 atom stereocenters. The van der Waals surface area contributed by atoms with Gasteiger partial charge < -0.3 is 19.9 Å². The van der Waals surface area contributed by atoms with Gasteiger partial charge in [-0.2, -0.15) is 0 Å². The third-order valence-corrected chi connectivity index (χ3v) is 3.11. The minimum Gasteiger partial charge on any atom is -0.378 e. The Kier molecular flexibility index (Phi) is 5.35. The zero-order valence-electron chi connectivity index (χ0n) is 11.3. The fraction of sp³-hybridized carbons (Fsp3) is 0.692. The average molecular weight is 267 g/mol. The number of amides is 1. The van der Waals surface area contributed by atoms with E-state index >= 15 is 0 Å². The standard InChI is InChI=1S/C13H21N3O3/c1-10-8-12(19-16-10)9-15-13(17)4-7-18-11-2-5-14-6-3-11/h8,11,14H,2-7,9H2,1H3,(H,15,17). The van der Waals surface area contributed by atoms with Gasteiger partial charge in [0, 0.05) is 12.5 Å². The maximum Gasteiger partial charge on any atom is 0.222 e. The van der Waals surface area contributed by atoms with E-state index in [1.54, 1.807) is 0 Å². The number of aromatic nitrogens is 1. The highest BCUT2D eigenvalue weighted by Crippen LogP contribution is 2.07. The van der Waals surface area contributed by atoms with Crippen molar-refractivity contribution in [2.45, 2.75) is 38.8 Å². The molecule has 0 aliphatic carbocycles. The Hall–Kier alpha value is -1.40. The summed E-state index contributed by atoms with van der Waals surface area (Å²) in [5.74, 6) is 0.646. The topological polar surface area (TPSA) is 76.4 Å². The third-order valence-electron chi connectivity index (χ3n) is 3.11. The van der Waals surface area contributed by atoms with E-state index in [2.05, 4.69) is 15.8 Å². The van der Waals surface area contributed by atoms with Gasteiger partial charge in [-0.05, 0) is 32.9 Å². The Labute approximate surface area is 112 Å². The Morgan fingerprint density at radius 1 is 1.58 bits per heavy atom. The van der Waals surface area contributed by atoms with E-state index in [-0.39, 0.29) is 5.91 Å². The van der Waals surface area contributed by atoms with Crippen molar-refractivity contribution in [3.05, 3.63) is 17.5 Å². The van der Waals surface area contributed by atoms with E-state index in [1.807, 2.05) is 13.0 Å². The highest BCUT2D eigenvalue weighted by Gasteiger charge is 2.13. The first kappa shape index (κ1) is 14.0. The maximum atomic E-state index is 11.6. The molecule has 0 spiro atoms. The van der Waals surface area contributed by atoms with Crippen LogP contribution in [0.2, 0.25) is 0 Å². The highest BCUT2D eigenvalue weighted by atomic mass is 16.5. The van der Waals surface area contributed by atoms with Crippen LogP contribution in [0.3, 0.4) is 0 Å². The minimum atomic E-state index is -0.0250. The Balaban J connectivity index is 1.56. The first-order valence-electron chi connectivity index (χ1n) is 6.75. The van der Waals surface area contributed by atoms with Gasteiger partial charge in [0.1, 0.15) is 0 Å². The van der Waals surface area contributed by atoms with Gasteiger partial charge >= 0.3 is 0 Å². The van der Waals surface area contributed by atoms with Crippen LogP contribution < -0.4 is 10.6 Å². The zero-order valence-corrected chi connectivity index (χ0v) is 11.3. The molecule has 6 nitrogen and oxygen atoms in total. The summed E-state index contributed by atoms with van der Waals surface area (Å²) in [6.07, 6.45) is 2.74. The number of carbonyl (C=O) groups is 1. The predicted octanol–water partition coefficient (Wildman–Crippen LogP) is 0.758. The summed E-state index contributed by atoms with van der Waals surface area (Å²) in [4.78, 5) is 11.6. The summed E-state index contributed by atoms with van der Waals surface area (Å²) in [5.41, 5.74) is 0.818. The molecule has 0 radical (unpaired) electrons. The number of aryl methyl sites for hydroxylation is 1. The van der Waals surface area contributed by atoms with Crippen molar-refractivity contribution >= 4 is 5.91 Å². The molecule has 2 N–H and O–H groups in total. The fourth-order valence-electron chi connectivity index (χ4n) is 2.05. The van der Waals surface area contributed by atoms with Crippen molar-refractivity contribution in [2.75, 3.05) is 19.7 Å². The number of nitrogens with zero attached hydrogens (tertiary/aromatic N) is 1. The highest BCUT2D eigenvalue weighted by molar-refractivity contribution is 5.75. The molecule has 0 unspecified atom stereocenters. The largest absolute Gasteiger partial charge is 0.378 e. The molecule has 2 heterocycles. The summed E-state index contributed by atoms with van der Waals surface area (Å²) >= 11 is 0. The molecule has 1 aromatic heterocycles. The van der Waals surface area contributed by atoms with Crippen molar-refractivity contribution in [2.24, 2.45) is 0 Å². The monoisotopic (exact) mass is 267 g/mol. The minimum absolute atomic E-state index is 0.0250. The van der Waals surface area contributed by atoms with Crippen molar-refractivity contribution in [3.63, 3.8) is 0 Å². The van der Waals surface area contributed by atoms with Crippen molar-refractivity contribution in [1.29, 1.82) is 0 Å². The summed E-state index contributed by atoms with van der Waals surface area (Å²) in [6.45, 7) is 4.71. The van der Waals surface area contributed by atoms with Crippen LogP contribution in [0.5, 0.6) is 0 Å². The van der Waals surface area contributed by atoms with Crippen LogP contribution in [0.1, 0.15) is 30.7 Å². The average Bonchev–Trinajstić information content (AvgIpc) is 2.83. The molecule has 1 aliphatic rings. The lowest BCUT2D eigenvalue weighted by atomic mass is 10.1. The van der Waals surface area contributed by atoms with Crippen LogP contribution in [0, 0.1) is 6.92 Å². The molecule has 1 aromatic rings. The molecule has 106 valence electrons. The normalized spacial score (nSPS) is 16.5. The summed E-state index contributed by atoms with van der Waals surface area (Å²) in [7, 11) is 0. The number of hydrogen-bond donors (Lipinski definition) is 2. The van der Waals surface area contributed by atoms with E-state index in [0.29, 0.717) is 31.4 Å². The number of rotatable bonds is 6. The quantitative estimate of drug-likeness (QED) is 0.795. The molecular formula is C13H21N3O3. The SMILES string of the molecule is Cc1cc(CNC(=O)CCOC2CCNCC2)on1. The van der Waals surface area contributed by atoms with Gasteiger partial charge in [-0.1, -0.05) is 5.16 Å². The van der Waals surface area contributed by atoms with Crippen LogP contribution in [0.25, 0.3) is 0 Å². The van der Waals surface area contributed by atoms with Gasteiger partial charge in [0.15, 0.2) is 5.76 Å². The lowest BCUT2D eigenvalue weighted by molar-refractivity contribution is -0.123. The van der Waals surface area contributed by atoms with E-state index in [4.69, 9.17) is 9.26 Å². The smallest absolute Gasteiger partial charge is 0.222 e. The molecule has 2 rings (SSSR count). The molecule has 1 saturated heterocycles. The Bertz CT molecular complexity index is 400. The fourth-order valence-corrected chi connectivity index (χ4v) is 2.05. The number of hydrogen-bond acceptors (Lipinski definition) is 5. The molecule has 1 aliphatic heterocycles. The molecule has 0 aromatic carbocycles. The summed E-state index contributed by atoms with van der Waals surface area (Å²) in [6, 6.07) is 1.81. The summed E-state index contributed by atoms with van der Waals surface area (Å²) in [5, 5.41) is 9.82. The van der Waals surface area contributed by atoms with E-state index in [9.17, 15) is 4.79 Å². The van der Waals surface area contributed by atoms with E-state index in [0.717, 1.165) is 31.6 Å². The Morgan fingerprint density at radius 2 is 2.37 bits per heavy atom. The van der Waals surface area contributed by atoms with Gasteiger partial charge in [-0.15, -0.1) is 0 Å². The van der Waals surface area contributed by atoms with Gasteiger partial charge in [-0.3, -0.25) is 4.79 Å². The zero-order chi connectivity index (χ0) is 13.5. The molecule has 19 heavy (non-hydrogen) atoms. The van der Waals surface area contributed by atoms with Crippen molar-refractivity contribution in [1.82, 2.24) is 15.8 Å². The van der Waals surface area contributed by atoms with Gasteiger partial charge in [0.05, 0.1) is 24.9 Å². The number of ether oxygens (including phenoxy) is 1. The molecule has 0 saturated carbocycles. The second-order valence-corrected chi connectivity index (χ2v) is 4.78. The Morgan fingerprint density at radius 3 is 3.05 bits per heavy atom. The van der Waals surface area contributed by atoms with Crippen LogP contribution in [-0.2, 0) is 16.1 Å². The molecule has 1 amide bonds. The van der Waals surface area contributed by atoms with E-state index in [1.165, 1.54) is 0 Å². The maximum absolute atomic E-state index is 11.6. The van der Waals surface area contributed by atoms with Gasteiger partial charge in [0.25, 0.3) is 0 Å². The van der Waals surface area contributed by atoms with Crippen LogP contribution in [-0.4, -0.2) is 36.9 Å². The second-order valence-electron chi connectivity index (χ2n) is 4.78. The molecule has 1 fully saturated rings. The predicted molar refractivity (Wildman–Crippen MR) is 69.5 cm³/mol. The number of piperidine rings is 1. The van der Waals surface area contributed by atoms with Gasteiger partial charge in [0.2, 0.25) is 5.91 Å². The summed E-state index contributed by atoms with van der Waals surface area (Å²) < 4.78 is 10.7. The lowest BCUT2D eigenvalue weighted by Crippen LogP contribution is -2.33. The first-order chi connectivity index (χ1) is 9.24. The van der Waals surface area contributed by atoms with Crippen LogP contribution in [0.4, 0.5) is 0 Å². The lowest BCUT2D eigenvalue weighted by Gasteiger charge is -2.22. The molecular weight excluding hydrogens is 246 g/mol. The first-order valence-corrected chi connectivity index (χ1v) is 6.75. The number of nitrogens with one attached hydrogen (secondary N) is 2. The van der Waals surface area contributed by atoms with Crippen molar-refractivity contribution < 1.29 is 14.1 Å². The molecule has 6 heteroatoms. The number of carbonyl (C=O) groups excluding carboxylic acids is 1. The third kappa shape index (κ3) is 5.00. The van der Waals surface area contributed by atoms with E-state index < -0.39 is 0 Å². The van der Waals surface area contributed by atoms with Crippen LogP contribution in [0.15, 0.2) is 10.6 Å². The molecule has 0 bridgehead atoms.